The average molecular weight is 281 g/mol. The van der Waals surface area contributed by atoms with Crippen molar-refractivity contribution in [2.75, 3.05) is 13.7 Å². The summed E-state index contributed by atoms with van der Waals surface area (Å²) in [6.45, 7) is 0.327. The molecule has 1 aromatic carbocycles. The highest BCUT2D eigenvalue weighted by molar-refractivity contribution is 5.16. The Labute approximate surface area is 117 Å². The number of aliphatic hydroxyl groups excluding tert-OH is 1. The molecule has 2 heterocycles. The Morgan fingerprint density at radius 1 is 1.25 bits per heavy atom. The number of hydrogen-bond donors (Lipinski definition) is 2. The number of ether oxygens (including phenoxy) is 4. The molecule has 2 aliphatic rings. The van der Waals surface area contributed by atoms with Gasteiger partial charge in [-0.05, 0) is 0 Å². The second-order valence-electron chi connectivity index (χ2n) is 5.02. The zero-order valence-electron chi connectivity index (χ0n) is 11.2. The molecule has 2 fully saturated rings. The van der Waals surface area contributed by atoms with E-state index in [9.17, 15) is 5.11 Å². The fraction of sp³-hybridized carbons (Fsp3) is 0.571. The van der Waals surface area contributed by atoms with Crippen molar-refractivity contribution in [1.82, 2.24) is 0 Å². The van der Waals surface area contributed by atoms with Crippen molar-refractivity contribution in [2.24, 2.45) is 5.73 Å². The quantitative estimate of drug-likeness (QED) is 0.803. The molecule has 3 unspecified atom stereocenters. The number of nitrogens with two attached hydrogens (primary N) is 1. The zero-order valence-corrected chi connectivity index (χ0v) is 11.2. The van der Waals surface area contributed by atoms with E-state index in [2.05, 4.69) is 0 Å². The molecule has 0 spiro atoms. The van der Waals surface area contributed by atoms with Gasteiger partial charge in [-0.2, -0.15) is 0 Å². The highest BCUT2D eigenvalue weighted by Crippen LogP contribution is 2.33. The Kier molecular flexibility index (Phi) is 4.02. The Hall–Kier alpha value is -1.02. The lowest BCUT2D eigenvalue weighted by Gasteiger charge is -2.46. The van der Waals surface area contributed by atoms with Gasteiger partial charge in [0.05, 0.1) is 12.6 Å². The lowest BCUT2D eigenvalue weighted by Crippen LogP contribution is -2.64. The smallest absolute Gasteiger partial charge is 0.184 e. The van der Waals surface area contributed by atoms with Crippen LogP contribution in [0.5, 0.6) is 0 Å². The van der Waals surface area contributed by atoms with Crippen LogP contribution in [0.1, 0.15) is 11.9 Å². The van der Waals surface area contributed by atoms with Crippen LogP contribution in [0.4, 0.5) is 0 Å². The SMILES string of the molecule is CO[C@@H]1OC2COC(c3ccccc3)O[C@@H]2[C@@H](O)C1N. The number of benzene rings is 1. The minimum Gasteiger partial charge on any atom is -0.388 e. The maximum Gasteiger partial charge on any atom is 0.184 e. The lowest BCUT2D eigenvalue weighted by atomic mass is 9.96. The fourth-order valence-electron chi connectivity index (χ4n) is 2.60. The molecule has 2 aliphatic heterocycles. The van der Waals surface area contributed by atoms with Crippen molar-refractivity contribution in [3.63, 3.8) is 0 Å². The normalized spacial score (nSPS) is 41.1. The van der Waals surface area contributed by atoms with Crippen LogP contribution in [0.25, 0.3) is 0 Å². The summed E-state index contributed by atoms with van der Waals surface area (Å²) in [6, 6.07) is 8.93. The molecule has 6 heteroatoms. The monoisotopic (exact) mass is 281 g/mol. The molecular formula is C14H19NO5. The van der Waals surface area contributed by atoms with Crippen LogP contribution in [0.2, 0.25) is 0 Å². The van der Waals surface area contributed by atoms with E-state index in [1.807, 2.05) is 30.3 Å². The van der Waals surface area contributed by atoms with Crippen LogP contribution >= 0.6 is 0 Å². The Morgan fingerprint density at radius 2 is 2.00 bits per heavy atom. The van der Waals surface area contributed by atoms with Crippen molar-refractivity contribution in [2.45, 2.75) is 36.9 Å². The van der Waals surface area contributed by atoms with Gasteiger partial charge in [-0.1, -0.05) is 30.3 Å². The topological polar surface area (TPSA) is 83.2 Å². The molecule has 3 N–H and O–H groups in total. The summed E-state index contributed by atoms with van der Waals surface area (Å²) in [6.07, 6.45) is -2.91. The van der Waals surface area contributed by atoms with Gasteiger partial charge < -0.3 is 29.8 Å². The van der Waals surface area contributed by atoms with Crippen molar-refractivity contribution in [1.29, 1.82) is 0 Å². The number of fused-ring (bicyclic) bond motifs is 1. The highest BCUT2D eigenvalue weighted by atomic mass is 16.7. The van der Waals surface area contributed by atoms with Crippen molar-refractivity contribution >= 4 is 0 Å². The molecule has 0 aromatic heterocycles. The number of aliphatic hydroxyl groups is 1. The average Bonchev–Trinajstić information content (AvgIpc) is 2.51. The first-order chi connectivity index (χ1) is 9.70. The predicted octanol–water partition coefficient (Wildman–Crippen LogP) is 0.160. The minimum atomic E-state index is -0.853. The van der Waals surface area contributed by atoms with E-state index in [0.717, 1.165) is 5.56 Å². The first-order valence-electron chi connectivity index (χ1n) is 6.64. The molecular weight excluding hydrogens is 262 g/mol. The maximum absolute atomic E-state index is 10.3. The van der Waals surface area contributed by atoms with Gasteiger partial charge in [0, 0.05) is 12.7 Å². The molecule has 6 nitrogen and oxygen atoms in total. The summed E-state index contributed by atoms with van der Waals surface area (Å²) in [5.41, 5.74) is 6.81. The summed E-state index contributed by atoms with van der Waals surface area (Å²) in [5, 5.41) is 10.3. The zero-order chi connectivity index (χ0) is 14.1. The van der Waals surface area contributed by atoms with E-state index in [4.69, 9.17) is 24.7 Å². The molecule has 3 rings (SSSR count). The van der Waals surface area contributed by atoms with Gasteiger partial charge in [-0.3, -0.25) is 0 Å². The third kappa shape index (κ3) is 2.46. The van der Waals surface area contributed by atoms with E-state index >= 15 is 0 Å². The molecule has 0 bridgehead atoms. The van der Waals surface area contributed by atoms with E-state index < -0.39 is 30.8 Å². The summed E-state index contributed by atoms with van der Waals surface area (Å²) < 4.78 is 22.2. The summed E-state index contributed by atoms with van der Waals surface area (Å²) >= 11 is 0. The van der Waals surface area contributed by atoms with Gasteiger partial charge in [0.1, 0.15) is 18.3 Å². The molecule has 2 saturated heterocycles. The third-order valence-corrected chi connectivity index (χ3v) is 3.72. The lowest BCUT2D eigenvalue weighted by molar-refractivity contribution is -0.339. The van der Waals surface area contributed by atoms with E-state index in [0.29, 0.717) is 6.61 Å². The van der Waals surface area contributed by atoms with Crippen LogP contribution in [-0.2, 0) is 18.9 Å². The molecule has 1 aromatic rings. The Balaban J connectivity index is 1.74. The molecule has 20 heavy (non-hydrogen) atoms. The van der Waals surface area contributed by atoms with Crippen molar-refractivity contribution in [3.05, 3.63) is 35.9 Å². The van der Waals surface area contributed by atoms with Crippen LogP contribution in [0.3, 0.4) is 0 Å². The molecule has 0 aliphatic carbocycles. The van der Waals surface area contributed by atoms with Crippen molar-refractivity contribution < 1.29 is 24.1 Å². The first-order valence-corrected chi connectivity index (χ1v) is 6.64. The van der Waals surface area contributed by atoms with Crippen LogP contribution < -0.4 is 5.73 Å². The largest absolute Gasteiger partial charge is 0.388 e. The van der Waals surface area contributed by atoms with Gasteiger partial charge >= 0.3 is 0 Å². The van der Waals surface area contributed by atoms with Gasteiger partial charge in [0.25, 0.3) is 0 Å². The summed E-state index contributed by atoms with van der Waals surface area (Å²) in [7, 11) is 1.49. The Morgan fingerprint density at radius 3 is 2.70 bits per heavy atom. The van der Waals surface area contributed by atoms with Crippen LogP contribution in [0.15, 0.2) is 30.3 Å². The summed E-state index contributed by atoms with van der Waals surface area (Å²) in [5.74, 6) is 0. The molecule has 0 radical (unpaired) electrons. The van der Waals surface area contributed by atoms with Gasteiger partial charge in [-0.25, -0.2) is 0 Å². The number of methoxy groups -OCH3 is 1. The van der Waals surface area contributed by atoms with Gasteiger partial charge in [0.2, 0.25) is 0 Å². The van der Waals surface area contributed by atoms with Gasteiger partial charge in [-0.15, -0.1) is 0 Å². The molecule has 6 atom stereocenters. The standard InChI is InChI=1S/C14H19NO5/c1-17-14-10(15)11(16)12-9(19-14)7-18-13(20-12)8-5-3-2-4-6-8/h2-6,9-14,16H,7,15H2,1H3/t9?,10?,11-,12-,13?,14+/m0/s1. The molecule has 110 valence electrons. The van der Waals surface area contributed by atoms with Gasteiger partial charge in [0.15, 0.2) is 12.6 Å². The minimum absolute atomic E-state index is 0.327. The van der Waals surface area contributed by atoms with E-state index in [1.54, 1.807) is 0 Å². The van der Waals surface area contributed by atoms with Crippen LogP contribution in [0, 0.1) is 0 Å². The highest BCUT2D eigenvalue weighted by Gasteiger charge is 2.48. The number of hydrogen-bond acceptors (Lipinski definition) is 6. The maximum atomic E-state index is 10.3. The van der Waals surface area contributed by atoms with Crippen LogP contribution in [-0.4, -0.2) is 49.5 Å². The second kappa shape index (κ2) is 5.77. The fourth-order valence-corrected chi connectivity index (χ4v) is 2.60. The first kappa shape index (κ1) is 13.9. The summed E-state index contributed by atoms with van der Waals surface area (Å²) in [4.78, 5) is 0. The molecule has 0 saturated carbocycles. The van der Waals surface area contributed by atoms with Crippen molar-refractivity contribution in [3.8, 4) is 0 Å². The van der Waals surface area contributed by atoms with E-state index in [-0.39, 0.29) is 6.10 Å². The van der Waals surface area contributed by atoms with E-state index in [1.165, 1.54) is 7.11 Å². The predicted molar refractivity (Wildman–Crippen MR) is 69.7 cm³/mol. The Bertz CT molecular complexity index is 440. The third-order valence-electron chi connectivity index (χ3n) is 3.72. The molecule has 0 amide bonds. The number of rotatable bonds is 2. The second-order valence-corrected chi connectivity index (χ2v) is 5.02.